The van der Waals surface area contributed by atoms with E-state index in [2.05, 4.69) is 125 Å². The summed E-state index contributed by atoms with van der Waals surface area (Å²) in [7, 11) is 0. The molecule has 0 radical (unpaired) electrons. The maximum Gasteiger partial charge on any atom is 0.119 e. The normalized spacial score (nSPS) is 11.7. The molecule has 0 amide bonds. The monoisotopic (exact) mass is 889 g/mol. The van der Waals surface area contributed by atoms with Gasteiger partial charge in [-0.1, -0.05) is 178 Å². The van der Waals surface area contributed by atoms with Crippen LogP contribution in [-0.4, -0.2) is 36.4 Å². The minimum atomic E-state index is 0.738. The maximum absolute atomic E-state index is 6.03. The molecule has 0 aliphatic rings. The van der Waals surface area contributed by atoms with Gasteiger partial charge in [0.05, 0.1) is 49.2 Å². The van der Waals surface area contributed by atoms with Crippen molar-refractivity contribution in [2.75, 3.05) is 26.4 Å². The number of nitrogens with zero attached hydrogens (tertiary/aromatic N) is 2. The first-order chi connectivity index (χ1) is 32.6. The summed E-state index contributed by atoms with van der Waals surface area (Å²) in [5, 5.41) is 0. The molecule has 0 aliphatic carbocycles. The molecular weight excluding hydrogens is 813 g/mol. The summed E-state index contributed by atoms with van der Waals surface area (Å²) in [5.74, 6) is 3.55. The summed E-state index contributed by atoms with van der Waals surface area (Å²) in [6, 6.07) is 33.1. The van der Waals surface area contributed by atoms with Crippen LogP contribution in [0.3, 0.4) is 0 Å². The topological polar surface area (TPSA) is 62.7 Å². The van der Waals surface area contributed by atoms with E-state index in [-0.39, 0.29) is 0 Å². The fourth-order valence-corrected chi connectivity index (χ4v) is 7.26. The van der Waals surface area contributed by atoms with Crippen molar-refractivity contribution in [2.24, 2.45) is 0 Å². The van der Waals surface area contributed by atoms with Gasteiger partial charge in [-0.3, -0.25) is 0 Å². The van der Waals surface area contributed by atoms with E-state index in [0.717, 1.165) is 120 Å². The Bertz CT molecular complexity index is 1870. The van der Waals surface area contributed by atoms with E-state index in [1.54, 1.807) is 0 Å². The third-order valence-electron chi connectivity index (χ3n) is 11.3. The second-order valence-corrected chi connectivity index (χ2v) is 17.0. The summed E-state index contributed by atoms with van der Waals surface area (Å²) >= 11 is 0. The maximum atomic E-state index is 6.03. The molecule has 5 rings (SSSR count). The molecule has 6 heteroatoms. The fraction of sp³-hybridized carbons (Fsp3) is 0.400. The predicted molar refractivity (Wildman–Crippen MR) is 282 cm³/mol. The Morgan fingerprint density at radius 3 is 0.682 bits per heavy atom. The number of rotatable bonds is 32. The van der Waals surface area contributed by atoms with Crippen molar-refractivity contribution in [1.29, 1.82) is 0 Å². The molecule has 6 nitrogen and oxygen atoms in total. The van der Waals surface area contributed by atoms with Gasteiger partial charge in [-0.05, 0) is 121 Å². The summed E-state index contributed by atoms with van der Waals surface area (Å²) in [6.45, 7) is 11.9. The van der Waals surface area contributed by atoms with Crippen molar-refractivity contribution in [2.45, 2.75) is 130 Å². The van der Waals surface area contributed by atoms with Gasteiger partial charge in [0, 0.05) is 0 Å². The van der Waals surface area contributed by atoms with Crippen LogP contribution in [0.25, 0.3) is 48.6 Å². The van der Waals surface area contributed by atoms with Gasteiger partial charge in [-0.25, -0.2) is 9.97 Å². The lowest BCUT2D eigenvalue weighted by molar-refractivity contribution is 0.305. The molecule has 1 heterocycles. The van der Waals surface area contributed by atoms with E-state index >= 15 is 0 Å². The standard InChI is InChI=1S/C60H76N2O4/c1-5-9-13-17-45-63-53-33-21-49(22-34-53)29-41-57-58(42-30-50-23-35-54(36-24-50)64-46-18-14-10-6-2)62-60(44-32-52-27-39-56(40-28-52)66-48-20-16-12-8-4)59(61-57)43-31-51-25-37-55(38-26-51)65-47-19-15-11-7-3/h21-44H,5-20,45-48H2,1-4H3/b41-29+,42-30+,43-31+,44-32+. The quantitative estimate of drug-likeness (QED) is 0.0401. The Balaban J connectivity index is 1.44. The molecule has 0 saturated heterocycles. The highest BCUT2D eigenvalue weighted by Gasteiger charge is 2.09. The van der Waals surface area contributed by atoms with E-state index in [9.17, 15) is 0 Å². The van der Waals surface area contributed by atoms with Crippen molar-refractivity contribution >= 4 is 48.6 Å². The van der Waals surface area contributed by atoms with E-state index in [1.807, 2.05) is 48.5 Å². The smallest absolute Gasteiger partial charge is 0.119 e. The van der Waals surface area contributed by atoms with Crippen molar-refractivity contribution in [3.8, 4) is 23.0 Å². The predicted octanol–water partition coefficient (Wildman–Crippen LogP) is 17.0. The summed E-state index contributed by atoms with van der Waals surface area (Å²) in [4.78, 5) is 10.6. The van der Waals surface area contributed by atoms with E-state index in [4.69, 9.17) is 28.9 Å². The first-order valence-corrected chi connectivity index (χ1v) is 25.1. The average Bonchev–Trinajstić information content (AvgIpc) is 3.35. The van der Waals surface area contributed by atoms with Crippen LogP contribution in [0.15, 0.2) is 97.1 Å². The second kappa shape index (κ2) is 31.1. The van der Waals surface area contributed by atoms with Crippen LogP contribution in [0.1, 0.15) is 175 Å². The molecule has 0 saturated carbocycles. The molecular formula is C60H76N2O4. The Labute approximate surface area is 397 Å². The zero-order chi connectivity index (χ0) is 46.3. The van der Waals surface area contributed by atoms with Gasteiger partial charge in [-0.2, -0.15) is 0 Å². The molecule has 66 heavy (non-hydrogen) atoms. The Kier molecular flexibility index (Phi) is 24.1. The van der Waals surface area contributed by atoms with E-state index in [1.165, 1.54) is 77.0 Å². The number of ether oxygens (including phenoxy) is 4. The zero-order valence-electron chi connectivity index (χ0n) is 40.5. The molecule has 5 aromatic rings. The molecule has 0 spiro atoms. The average molecular weight is 889 g/mol. The van der Waals surface area contributed by atoms with Crippen molar-refractivity contribution in [1.82, 2.24) is 9.97 Å². The Hall–Kier alpha value is -5.88. The largest absolute Gasteiger partial charge is 0.494 e. The van der Waals surface area contributed by atoms with Gasteiger partial charge in [0.15, 0.2) is 0 Å². The van der Waals surface area contributed by atoms with Gasteiger partial charge in [0.1, 0.15) is 23.0 Å². The lowest BCUT2D eigenvalue weighted by Gasteiger charge is -2.09. The molecule has 350 valence electrons. The van der Waals surface area contributed by atoms with Crippen LogP contribution >= 0.6 is 0 Å². The third kappa shape index (κ3) is 19.7. The minimum absolute atomic E-state index is 0.738. The zero-order valence-corrected chi connectivity index (χ0v) is 40.5. The molecule has 1 aromatic heterocycles. The van der Waals surface area contributed by atoms with Crippen molar-refractivity contribution < 1.29 is 18.9 Å². The highest BCUT2D eigenvalue weighted by Crippen LogP contribution is 2.24. The lowest BCUT2D eigenvalue weighted by Crippen LogP contribution is -2.00. The van der Waals surface area contributed by atoms with Gasteiger partial charge in [0.25, 0.3) is 0 Å². The molecule has 0 fully saturated rings. The van der Waals surface area contributed by atoms with Gasteiger partial charge < -0.3 is 18.9 Å². The Morgan fingerprint density at radius 1 is 0.273 bits per heavy atom. The first-order valence-electron chi connectivity index (χ1n) is 25.1. The van der Waals surface area contributed by atoms with Gasteiger partial charge in [0.2, 0.25) is 0 Å². The fourth-order valence-electron chi connectivity index (χ4n) is 7.26. The highest BCUT2D eigenvalue weighted by atomic mass is 16.5. The van der Waals surface area contributed by atoms with E-state index < -0.39 is 0 Å². The summed E-state index contributed by atoms with van der Waals surface area (Å²) in [6.07, 6.45) is 35.5. The van der Waals surface area contributed by atoms with Crippen molar-refractivity contribution in [3.05, 3.63) is 142 Å². The SMILES string of the molecule is CCCCCCOc1ccc(/C=C/c2nc(/C=C/c3ccc(OCCCCCC)cc3)c(/C=C/c3ccc(OCCCCCC)cc3)nc2/C=C/c2ccc(OCCCCCC)cc2)cc1. The number of aromatic nitrogens is 2. The summed E-state index contributed by atoms with van der Waals surface area (Å²) < 4.78 is 24.1. The van der Waals surface area contributed by atoms with Crippen LogP contribution in [0.4, 0.5) is 0 Å². The number of unbranched alkanes of at least 4 members (excludes halogenated alkanes) is 12. The highest BCUT2D eigenvalue weighted by molar-refractivity contribution is 5.81. The molecule has 0 N–H and O–H groups in total. The van der Waals surface area contributed by atoms with E-state index in [0.29, 0.717) is 0 Å². The van der Waals surface area contributed by atoms with Crippen LogP contribution < -0.4 is 18.9 Å². The molecule has 0 unspecified atom stereocenters. The van der Waals surface area contributed by atoms with Gasteiger partial charge >= 0.3 is 0 Å². The molecule has 4 aromatic carbocycles. The Morgan fingerprint density at radius 2 is 0.485 bits per heavy atom. The number of hydrogen-bond donors (Lipinski definition) is 0. The number of hydrogen-bond acceptors (Lipinski definition) is 6. The summed E-state index contributed by atoms with van der Waals surface area (Å²) in [5.41, 5.74) is 7.26. The molecule has 0 bridgehead atoms. The minimum Gasteiger partial charge on any atom is -0.494 e. The van der Waals surface area contributed by atoms with Crippen LogP contribution in [0, 0.1) is 0 Å². The second-order valence-electron chi connectivity index (χ2n) is 17.0. The molecule has 0 atom stereocenters. The lowest BCUT2D eigenvalue weighted by atomic mass is 10.1. The van der Waals surface area contributed by atoms with Crippen LogP contribution in [0.5, 0.6) is 23.0 Å². The van der Waals surface area contributed by atoms with Gasteiger partial charge in [-0.15, -0.1) is 0 Å². The number of benzene rings is 4. The van der Waals surface area contributed by atoms with Crippen molar-refractivity contribution in [3.63, 3.8) is 0 Å². The molecule has 0 aliphatic heterocycles. The van der Waals surface area contributed by atoms with Crippen LogP contribution in [-0.2, 0) is 0 Å². The first kappa shape index (κ1) is 51.1. The van der Waals surface area contributed by atoms with Crippen LogP contribution in [0.2, 0.25) is 0 Å². The third-order valence-corrected chi connectivity index (χ3v) is 11.3.